The molecule has 0 saturated carbocycles. The Bertz CT molecular complexity index is 737. The molecule has 0 unspecified atom stereocenters. The third kappa shape index (κ3) is 14.4. The Morgan fingerprint density at radius 3 is 1.80 bits per heavy atom. The molecule has 0 aliphatic carbocycles. The zero-order valence-corrected chi connectivity index (χ0v) is 21.2. The van der Waals surface area contributed by atoms with Crippen LogP contribution >= 0.6 is 0 Å². The molecular weight excluding hydrogens is 431 g/mol. The molecule has 164 valence electrons. The number of carbonyl (C=O) groups is 1. The number of rotatable bonds is 15. The number of hydrogen-bond donors (Lipinski definition) is 0. The number of benzene rings is 1. The first-order valence-electron chi connectivity index (χ1n) is 11.2. The van der Waals surface area contributed by atoms with Gasteiger partial charge >= 0.3 is 141 Å². The molecule has 0 aliphatic rings. The van der Waals surface area contributed by atoms with Crippen LogP contribution in [-0.4, -0.2) is 19.6 Å². The van der Waals surface area contributed by atoms with Gasteiger partial charge in [0.2, 0.25) is 0 Å². The van der Waals surface area contributed by atoms with Crippen LogP contribution in [0.4, 0.5) is 0 Å². The van der Waals surface area contributed by atoms with E-state index in [1.165, 1.54) is 26.8 Å². The van der Waals surface area contributed by atoms with Gasteiger partial charge in [-0.1, -0.05) is 17.2 Å². The normalized spacial score (nSPS) is 12.9. The fourth-order valence-corrected chi connectivity index (χ4v) is 4.83. The summed E-state index contributed by atoms with van der Waals surface area (Å²) in [5.74, 6) is 0. The van der Waals surface area contributed by atoms with E-state index >= 15 is 0 Å². The second-order valence-corrected chi connectivity index (χ2v) is 10.7. The standard InChI is InChI=1S/C28H40OSe/c1-23(2)13-9-14-24(3)15-10-16-25(4)17-11-18-26(5)19-12-22-28(29)30-27-20-7-6-8-21-27/h6-8,14,16,18,20-21H,1,9-13,15,17,19,22H2,2-5H3/b24-14+,25-16+,26-18+. The fraction of sp³-hybridized carbons (Fsp3) is 0.464. The van der Waals surface area contributed by atoms with Crippen molar-refractivity contribution in [2.45, 2.75) is 85.5 Å². The van der Waals surface area contributed by atoms with E-state index in [4.69, 9.17) is 0 Å². The predicted molar refractivity (Wildman–Crippen MR) is 134 cm³/mol. The second kappa shape index (κ2) is 16.1. The topological polar surface area (TPSA) is 17.1 Å². The van der Waals surface area contributed by atoms with E-state index in [-0.39, 0.29) is 15.0 Å². The minimum atomic E-state index is -0.0288. The van der Waals surface area contributed by atoms with Crippen molar-refractivity contribution in [1.82, 2.24) is 0 Å². The van der Waals surface area contributed by atoms with Crippen LogP contribution in [0.25, 0.3) is 0 Å². The molecule has 0 amide bonds. The maximum absolute atomic E-state index is 12.1. The SMILES string of the molecule is C=C(C)CC/C=C(\C)CC/C=C(\C)CC/C=C(\C)CCCC(=O)[Se]c1ccccc1. The van der Waals surface area contributed by atoms with Crippen molar-refractivity contribution in [3.63, 3.8) is 0 Å². The second-order valence-electron chi connectivity index (χ2n) is 8.37. The fourth-order valence-electron chi connectivity index (χ4n) is 3.15. The van der Waals surface area contributed by atoms with Gasteiger partial charge in [0, 0.05) is 0 Å². The van der Waals surface area contributed by atoms with Crippen LogP contribution in [0.1, 0.15) is 85.5 Å². The summed E-state index contributed by atoms with van der Waals surface area (Å²) in [6.07, 6.45) is 16.6. The van der Waals surface area contributed by atoms with E-state index in [2.05, 4.69) is 64.6 Å². The Kier molecular flexibility index (Phi) is 14.2. The third-order valence-electron chi connectivity index (χ3n) is 5.05. The minimum absolute atomic E-state index is 0.0288. The van der Waals surface area contributed by atoms with Crippen LogP contribution < -0.4 is 4.46 Å². The van der Waals surface area contributed by atoms with E-state index in [0.29, 0.717) is 11.1 Å². The molecule has 1 rings (SSSR count). The first-order chi connectivity index (χ1) is 14.4. The van der Waals surface area contributed by atoms with Gasteiger partial charge in [-0.25, -0.2) is 0 Å². The molecule has 0 heterocycles. The van der Waals surface area contributed by atoms with Gasteiger partial charge in [-0.3, -0.25) is 0 Å². The van der Waals surface area contributed by atoms with Gasteiger partial charge in [0.15, 0.2) is 0 Å². The summed E-state index contributed by atoms with van der Waals surface area (Å²) in [6.45, 7) is 12.7. The molecule has 0 aromatic heterocycles. The molecule has 0 saturated heterocycles. The molecule has 2 heteroatoms. The summed E-state index contributed by atoms with van der Waals surface area (Å²) in [7, 11) is 0. The summed E-state index contributed by atoms with van der Waals surface area (Å²) in [5.41, 5.74) is 5.64. The van der Waals surface area contributed by atoms with Crippen LogP contribution in [0.2, 0.25) is 0 Å². The molecule has 0 fully saturated rings. The van der Waals surface area contributed by atoms with Crippen molar-refractivity contribution in [1.29, 1.82) is 0 Å². The summed E-state index contributed by atoms with van der Waals surface area (Å²) in [4.78, 5) is 12.1. The molecule has 1 aromatic carbocycles. The van der Waals surface area contributed by atoms with Gasteiger partial charge in [-0.05, 0) is 26.7 Å². The van der Waals surface area contributed by atoms with E-state index in [0.717, 1.165) is 51.4 Å². The van der Waals surface area contributed by atoms with Crippen molar-refractivity contribution in [3.8, 4) is 0 Å². The summed E-state index contributed by atoms with van der Waals surface area (Å²) in [6, 6.07) is 10.1. The van der Waals surface area contributed by atoms with Crippen LogP contribution in [0.15, 0.2) is 77.4 Å². The monoisotopic (exact) mass is 472 g/mol. The third-order valence-corrected chi connectivity index (χ3v) is 7.03. The van der Waals surface area contributed by atoms with Gasteiger partial charge < -0.3 is 0 Å². The predicted octanol–water partition coefficient (Wildman–Crippen LogP) is 7.47. The molecule has 0 spiro atoms. The van der Waals surface area contributed by atoms with Crippen molar-refractivity contribution < 1.29 is 4.79 Å². The van der Waals surface area contributed by atoms with E-state index < -0.39 is 0 Å². The number of hydrogen-bond acceptors (Lipinski definition) is 1. The number of allylic oxidation sites excluding steroid dienone is 7. The molecule has 1 nitrogen and oxygen atoms in total. The first kappa shape index (κ1) is 26.4. The van der Waals surface area contributed by atoms with Gasteiger partial charge in [0.1, 0.15) is 0 Å². The summed E-state index contributed by atoms with van der Waals surface area (Å²) < 4.78 is 1.59. The Morgan fingerprint density at radius 1 is 0.767 bits per heavy atom. The summed E-state index contributed by atoms with van der Waals surface area (Å²) in [5, 5.41) is 0. The summed E-state index contributed by atoms with van der Waals surface area (Å²) >= 11 is -0.0288. The average Bonchev–Trinajstić information content (AvgIpc) is 2.68. The van der Waals surface area contributed by atoms with Crippen molar-refractivity contribution in [2.75, 3.05) is 0 Å². The molecule has 0 N–H and O–H groups in total. The van der Waals surface area contributed by atoms with Crippen molar-refractivity contribution in [3.05, 3.63) is 77.4 Å². The van der Waals surface area contributed by atoms with Crippen molar-refractivity contribution in [2.24, 2.45) is 0 Å². The van der Waals surface area contributed by atoms with Crippen LogP contribution in [0, 0.1) is 0 Å². The van der Waals surface area contributed by atoms with Gasteiger partial charge in [0.05, 0.1) is 0 Å². The van der Waals surface area contributed by atoms with Crippen LogP contribution in [0.5, 0.6) is 0 Å². The van der Waals surface area contributed by atoms with Crippen LogP contribution in [-0.2, 0) is 4.79 Å². The Morgan fingerprint density at radius 2 is 1.27 bits per heavy atom. The molecular formula is C28H40OSe. The molecule has 1 aromatic rings. The van der Waals surface area contributed by atoms with Crippen molar-refractivity contribution >= 4 is 24.1 Å². The molecule has 0 radical (unpaired) electrons. The van der Waals surface area contributed by atoms with E-state index in [9.17, 15) is 4.79 Å². The Labute approximate surface area is 191 Å². The quantitative estimate of drug-likeness (QED) is 0.192. The average molecular weight is 472 g/mol. The van der Waals surface area contributed by atoms with Gasteiger partial charge in [-0.2, -0.15) is 0 Å². The molecule has 30 heavy (non-hydrogen) atoms. The Balaban J connectivity index is 2.18. The zero-order chi connectivity index (χ0) is 22.2. The molecule has 0 atom stereocenters. The van der Waals surface area contributed by atoms with E-state index in [1.54, 1.807) is 0 Å². The Hall–Kier alpha value is -1.63. The van der Waals surface area contributed by atoms with Crippen LogP contribution in [0.3, 0.4) is 0 Å². The van der Waals surface area contributed by atoms with Gasteiger partial charge in [0.25, 0.3) is 0 Å². The first-order valence-corrected chi connectivity index (χ1v) is 12.9. The van der Waals surface area contributed by atoms with E-state index in [1.807, 2.05) is 18.2 Å². The molecule has 0 aliphatic heterocycles. The number of carbonyl (C=O) groups excluding carboxylic acids is 1. The van der Waals surface area contributed by atoms with Gasteiger partial charge in [-0.15, -0.1) is 6.58 Å². The zero-order valence-electron chi connectivity index (χ0n) is 19.5. The maximum atomic E-state index is 12.1. The molecule has 0 bridgehead atoms.